The molecule has 0 aliphatic heterocycles. The Morgan fingerprint density at radius 2 is 1.91 bits per heavy atom. The molecule has 0 aromatic carbocycles. The summed E-state index contributed by atoms with van der Waals surface area (Å²) < 4.78 is 0. The van der Waals surface area contributed by atoms with E-state index in [1.54, 1.807) is 0 Å². The fraction of sp³-hybridized carbons (Fsp3) is 0.750. The molecule has 0 aromatic heterocycles. The summed E-state index contributed by atoms with van der Waals surface area (Å²) in [5.41, 5.74) is 5.13. The van der Waals surface area contributed by atoms with Crippen LogP contribution in [0.5, 0.6) is 0 Å². The standard InChI is InChI=1S/C8H12N2O/c9-5-6-1-3-7(4-2-6)8(10)11/h6-7H,1-4H2,(H2,10,11)/t6-,7-. The number of rotatable bonds is 1. The monoisotopic (exact) mass is 152 g/mol. The van der Waals surface area contributed by atoms with Crippen molar-refractivity contribution in [2.45, 2.75) is 25.7 Å². The van der Waals surface area contributed by atoms with Crippen LogP contribution in [0.4, 0.5) is 0 Å². The second kappa shape index (κ2) is 3.38. The Balaban J connectivity index is 2.37. The molecule has 1 aliphatic carbocycles. The van der Waals surface area contributed by atoms with E-state index < -0.39 is 0 Å². The number of nitrogens with zero attached hydrogens (tertiary/aromatic N) is 1. The topological polar surface area (TPSA) is 66.9 Å². The normalized spacial score (nSPS) is 30.8. The molecule has 0 spiro atoms. The Bertz CT molecular complexity index is 187. The van der Waals surface area contributed by atoms with Crippen LogP contribution in [0.2, 0.25) is 0 Å². The Labute approximate surface area is 66.2 Å². The smallest absolute Gasteiger partial charge is 0.220 e. The van der Waals surface area contributed by atoms with Crippen molar-refractivity contribution in [1.82, 2.24) is 0 Å². The second-order valence-electron chi connectivity index (χ2n) is 3.08. The Hall–Kier alpha value is -1.04. The van der Waals surface area contributed by atoms with Crippen LogP contribution in [0.3, 0.4) is 0 Å². The average molecular weight is 152 g/mol. The molecule has 3 heteroatoms. The highest BCUT2D eigenvalue weighted by molar-refractivity contribution is 5.76. The molecule has 1 rings (SSSR count). The molecular weight excluding hydrogens is 140 g/mol. The first-order chi connectivity index (χ1) is 5.24. The third kappa shape index (κ3) is 1.94. The molecule has 1 saturated carbocycles. The summed E-state index contributed by atoms with van der Waals surface area (Å²) in [6.07, 6.45) is 3.27. The van der Waals surface area contributed by atoms with Crippen molar-refractivity contribution in [1.29, 1.82) is 5.26 Å². The molecule has 1 aliphatic rings. The van der Waals surface area contributed by atoms with Gasteiger partial charge in [0.1, 0.15) is 0 Å². The molecule has 0 bridgehead atoms. The minimum Gasteiger partial charge on any atom is -0.369 e. The number of nitriles is 1. The number of carbonyl (C=O) groups is 1. The number of nitrogens with two attached hydrogens (primary N) is 1. The molecule has 0 aromatic rings. The Morgan fingerprint density at radius 1 is 1.36 bits per heavy atom. The maximum absolute atomic E-state index is 10.7. The highest BCUT2D eigenvalue weighted by Crippen LogP contribution is 2.27. The van der Waals surface area contributed by atoms with Crippen LogP contribution in [0, 0.1) is 23.2 Å². The van der Waals surface area contributed by atoms with Gasteiger partial charge in [0.25, 0.3) is 0 Å². The van der Waals surface area contributed by atoms with Gasteiger partial charge in [-0.25, -0.2) is 0 Å². The minimum atomic E-state index is -0.207. The van der Waals surface area contributed by atoms with E-state index in [4.69, 9.17) is 11.0 Å². The van der Waals surface area contributed by atoms with E-state index in [1.165, 1.54) is 0 Å². The van der Waals surface area contributed by atoms with E-state index in [-0.39, 0.29) is 17.7 Å². The lowest BCUT2D eigenvalue weighted by atomic mass is 9.82. The van der Waals surface area contributed by atoms with Crippen molar-refractivity contribution in [3.63, 3.8) is 0 Å². The van der Waals surface area contributed by atoms with Crippen LogP contribution in [0.1, 0.15) is 25.7 Å². The zero-order valence-corrected chi connectivity index (χ0v) is 6.42. The molecule has 0 radical (unpaired) electrons. The lowest BCUT2D eigenvalue weighted by Gasteiger charge is -2.21. The van der Waals surface area contributed by atoms with Gasteiger partial charge in [-0.2, -0.15) is 5.26 Å². The lowest BCUT2D eigenvalue weighted by Crippen LogP contribution is -2.27. The van der Waals surface area contributed by atoms with Gasteiger partial charge in [-0.1, -0.05) is 0 Å². The summed E-state index contributed by atoms with van der Waals surface area (Å²) in [6, 6.07) is 2.21. The molecule has 1 amide bonds. The van der Waals surface area contributed by atoms with Gasteiger partial charge in [-0.05, 0) is 25.7 Å². The molecule has 0 saturated heterocycles. The molecule has 1 fully saturated rings. The summed E-state index contributed by atoms with van der Waals surface area (Å²) in [6.45, 7) is 0. The fourth-order valence-electron chi connectivity index (χ4n) is 1.51. The molecular formula is C8H12N2O. The molecule has 2 N–H and O–H groups in total. The van der Waals surface area contributed by atoms with Crippen LogP contribution in [0.15, 0.2) is 0 Å². The van der Waals surface area contributed by atoms with Crippen molar-refractivity contribution >= 4 is 5.91 Å². The molecule has 3 nitrogen and oxygen atoms in total. The van der Waals surface area contributed by atoms with Gasteiger partial charge in [-0.3, -0.25) is 4.79 Å². The highest BCUT2D eigenvalue weighted by atomic mass is 16.1. The van der Waals surface area contributed by atoms with Crippen molar-refractivity contribution in [3.05, 3.63) is 0 Å². The predicted octanol–water partition coefficient (Wildman–Crippen LogP) is 0.802. The van der Waals surface area contributed by atoms with Crippen molar-refractivity contribution in [2.24, 2.45) is 17.6 Å². The maximum atomic E-state index is 10.7. The average Bonchev–Trinajstić information content (AvgIpc) is 2.05. The summed E-state index contributed by atoms with van der Waals surface area (Å²) >= 11 is 0. The second-order valence-corrected chi connectivity index (χ2v) is 3.08. The maximum Gasteiger partial charge on any atom is 0.220 e. The van der Waals surface area contributed by atoms with Gasteiger partial charge in [0.15, 0.2) is 0 Å². The third-order valence-corrected chi connectivity index (χ3v) is 2.31. The van der Waals surface area contributed by atoms with E-state index >= 15 is 0 Å². The van der Waals surface area contributed by atoms with E-state index in [2.05, 4.69) is 6.07 Å². The summed E-state index contributed by atoms with van der Waals surface area (Å²) in [5, 5.41) is 8.55. The van der Waals surface area contributed by atoms with E-state index in [9.17, 15) is 4.79 Å². The summed E-state index contributed by atoms with van der Waals surface area (Å²) in [4.78, 5) is 10.7. The summed E-state index contributed by atoms with van der Waals surface area (Å²) in [7, 11) is 0. The van der Waals surface area contributed by atoms with E-state index in [0.29, 0.717) is 0 Å². The molecule has 0 unspecified atom stereocenters. The van der Waals surface area contributed by atoms with Crippen molar-refractivity contribution < 1.29 is 4.79 Å². The first-order valence-electron chi connectivity index (χ1n) is 3.93. The number of carbonyl (C=O) groups excluding carboxylic acids is 1. The SMILES string of the molecule is N#C[C@H]1CC[C@H](C(N)=O)CC1. The van der Waals surface area contributed by atoms with Gasteiger partial charge < -0.3 is 5.73 Å². The van der Waals surface area contributed by atoms with Gasteiger partial charge in [0.2, 0.25) is 5.91 Å². The minimum absolute atomic E-state index is 0.0274. The zero-order valence-electron chi connectivity index (χ0n) is 6.42. The highest BCUT2D eigenvalue weighted by Gasteiger charge is 2.23. The van der Waals surface area contributed by atoms with E-state index in [0.717, 1.165) is 25.7 Å². The number of hydrogen-bond acceptors (Lipinski definition) is 2. The van der Waals surface area contributed by atoms with Gasteiger partial charge in [0.05, 0.1) is 6.07 Å². The molecule has 0 heterocycles. The number of amides is 1. The number of primary amides is 1. The van der Waals surface area contributed by atoms with Crippen LogP contribution >= 0.6 is 0 Å². The Kier molecular flexibility index (Phi) is 2.48. The predicted molar refractivity (Wildman–Crippen MR) is 40.3 cm³/mol. The van der Waals surface area contributed by atoms with Crippen LogP contribution in [-0.2, 0) is 4.79 Å². The fourth-order valence-corrected chi connectivity index (χ4v) is 1.51. The van der Waals surface area contributed by atoms with E-state index in [1.807, 2.05) is 0 Å². The molecule has 0 atom stereocenters. The Morgan fingerprint density at radius 3 is 2.27 bits per heavy atom. The summed E-state index contributed by atoms with van der Waals surface area (Å²) in [5.74, 6) is -0.0217. The quantitative estimate of drug-likeness (QED) is 0.604. The lowest BCUT2D eigenvalue weighted by molar-refractivity contribution is -0.122. The largest absolute Gasteiger partial charge is 0.369 e. The molecule has 11 heavy (non-hydrogen) atoms. The van der Waals surface area contributed by atoms with Crippen LogP contribution in [-0.4, -0.2) is 5.91 Å². The van der Waals surface area contributed by atoms with Gasteiger partial charge >= 0.3 is 0 Å². The zero-order chi connectivity index (χ0) is 8.27. The van der Waals surface area contributed by atoms with Gasteiger partial charge in [-0.15, -0.1) is 0 Å². The van der Waals surface area contributed by atoms with Crippen molar-refractivity contribution in [2.75, 3.05) is 0 Å². The van der Waals surface area contributed by atoms with Crippen LogP contribution < -0.4 is 5.73 Å². The first kappa shape index (κ1) is 8.06. The third-order valence-electron chi connectivity index (χ3n) is 2.31. The van der Waals surface area contributed by atoms with Gasteiger partial charge in [0, 0.05) is 11.8 Å². The molecule has 60 valence electrons. The van der Waals surface area contributed by atoms with Crippen LogP contribution in [0.25, 0.3) is 0 Å². The number of hydrogen-bond donors (Lipinski definition) is 1. The first-order valence-corrected chi connectivity index (χ1v) is 3.93. The van der Waals surface area contributed by atoms with Crippen molar-refractivity contribution in [3.8, 4) is 6.07 Å².